The summed E-state index contributed by atoms with van der Waals surface area (Å²) >= 11 is 0. The Hall–Kier alpha value is -0.0800. The summed E-state index contributed by atoms with van der Waals surface area (Å²) in [6, 6.07) is 0. The van der Waals surface area contributed by atoms with Crippen molar-refractivity contribution in [2.45, 2.75) is 52.1 Å². The van der Waals surface area contributed by atoms with Crippen molar-refractivity contribution in [1.82, 2.24) is 4.90 Å². The molecule has 2 heteroatoms. The van der Waals surface area contributed by atoms with Crippen LogP contribution in [0.4, 0.5) is 0 Å². The topological polar surface area (TPSA) is 23.5 Å². The minimum absolute atomic E-state index is 0.0490. The molecule has 0 aromatic heterocycles. The lowest BCUT2D eigenvalue weighted by Crippen LogP contribution is -2.37. The number of rotatable bonds is 5. The molecule has 1 aliphatic rings. The van der Waals surface area contributed by atoms with E-state index in [0.29, 0.717) is 5.92 Å². The Bertz CT molecular complexity index is 172. The normalized spacial score (nSPS) is 32.2. The molecule has 0 aromatic carbocycles. The highest BCUT2D eigenvalue weighted by Gasteiger charge is 2.29. The second-order valence-corrected chi connectivity index (χ2v) is 5.15. The first-order valence-corrected chi connectivity index (χ1v) is 6.53. The summed E-state index contributed by atoms with van der Waals surface area (Å²) in [4.78, 5) is 2.32. The predicted molar refractivity (Wildman–Crippen MR) is 64.9 cm³/mol. The van der Waals surface area contributed by atoms with Gasteiger partial charge in [0.05, 0.1) is 6.10 Å². The van der Waals surface area contributed by atoms with Crippen LogP contribution in [0.25, 0.3) is 0 Å². The smallest absolute Gasteiger partial charge is 0.0580 e. The largest absolute Gasteiger partial charge is 0.393 e. The monoisotopic (exact) mass is 213 g/mol. The molecule has 0 heterocycles. The van der Waals surface area contributed by atoms with Crippen LogP contribution in [0.15, 0.2) is 0 Å². The summed E-state index contributed by atoms with van der Waals surface area (Å²) in [7, 11) is 2.15. The van der Waals surface area contributed by atoms with E-state index in [1.165, 1.54) is 25.7 Å². The van der Waals surface area contributed by atoms with Crippen LogP contribution in [0.5, 0.6) is 0 Å². The van der Waals surface area contributed by atoms with Gasteiger partial charge >= 0.3 is 0 Å². The summed E-state index contributed by atoms with van der Waals surface area (Å²) in [5.41, 5.74) is 0. The summed E-state index contributed by atoms with van der Waals surface area (Å²) < 4.78 is 0. The molecule has 2 nitrogen and oxygen atoms in total. The van der Waals surface area contributed by atoms with E-state index in [1.807, 2.05) is 0 Å². The van der Waals surface area contributed by atoms with Crippen LogP contribution in [0.3, 0.4) is 0 Å². The fourth-order valence-corrected chi connectivity index (χ4v) is 2.74. The second-order valence-electron chi connectivity index (χ2n) is 5.15. The van der Waals surface area contributed by atoms with E-state index < -0.39 is 0 Å². The Morgan fingerprint density at radius 1 is 1.27 bits per heavy atom. The van der Waals surface area contributed by atoms with Crippen molar-refractivity contribution in [2.24, 2.45) is 11.8 Å². The Labute approximate surface area is 94.7 Å². The Kier molecular flexibility index (Phi) is 5.62. The van der Waals surface area contributed by atoms with Crippen LogP contribution in [0.1, 0.15) is 46.0 Å². The van der Waals surface area contributed by atoms with E-state index in [2.05, 4.69) is 25.8 Å². The molecule has 0 spiro atoms. The van der Waals surface area contributed by atoms with Gasteiger partial charge in [0.2, 0.25) is 0 Å². The molecular weight excluding hydrogens is 186 g/mol. The van der Waals surface area contributed by atoms with Crippen molar-refractivity contribution in [2.75, 3.05) is 20.1 Å². The highest BCUT2D eigenvalue weighted by atomic mass is 16.3. The molecule has 0 bridgehead atoms. The van der Waals surface area contributed by atoms with Gasteiger partial charge in [-0.25, -0.2) is 0 Å². The van der Waals surface area contributed by atoms with Crippen molar-refractivity contribution in [3.63, 3.8) is 0 Å². The van der Waals surface area contributed by atoms with E-state index in [9.17, 15) is 5.11 Å². The van der Waals surface area contributed by atoms with Gasteiger partial charge in [0.1, 0.15) is 0 Å². The predicted octanol–water partition coefficient (Wildman–Crippen LogP) is 2.52. The van der Waals surface area contributed by atoms with Crippen LogP contribution >= 0.6 is 0 Å². The minimum atomic E-state index is -0.0490. The first kappa shape index (κ1) is 13.0. The van der Waals surface area contributed by atoms with Crippen molar-refractivity contribution in [3.05, 3.63) is 0 Å². The van der Waals surface area contributed by atoms with Gasteiger partial charge in [-0.1, -0.05) is 26.7 Å². The van der Waals surface area contributed by atoms with Gasteiger partial charge in [-0.3, -0.25) is 0 Å². The van der Waals surface area contributed by atoms with Gasteiger partial charge in [0.25, 0.3) is 0 Å². The zero-order valence-corrected chi connectivity index (χ0v) is 10.6. The maximum absolute atomic E-state index is 9.97. The van der Waals surface area contributed by atoms with Crippen molar-refractivity contribution < 1.29 is 5.11 Å². The summed E-state index contributed by atoms with van der Waals surface area (Å²) in [6.07, 6.45) is 6.08. The molecule has 15 heavy (non-hydrogen) atoms. The molecule has 3 unspecified atom stereocenters. The van der Waals surface area contributed by atoms with Gasteiger partial charge in [0.15, 0.2) is 0 Å². The van der Waals surface area contributed by atoms with Gasteiger partial charge in [0, 0.05) is 6.54 Å². The molecule has 3 atom stereocenters. The first-order chi connectivity index (χ1) is 7.17. The standard InChI is InChI=1S/C13H27NO/c1-4-6-11-7-8-13(15)12(9-11)10-14(3)5-2/h11-13,15H,4-10H2,1-3H3. The average molecular weight is 213 g/mol. The second kappa shape index (κ2) is 6.49. The lowest BCUT2D eigenvalue weighted by Gasteiger charge is -2.35. The zero-order chi connectivity index (χ0) is 11.3. The summed E-state index contributed by atoms with van der Waals surface area (Å²) in [5.74, 6) is 1.38. The molecule has 90 valence electrons. The van der Waals surface area contributed by atoms with Gasteiger partial charge < -0.3 is 10.0 Å². The van der Waals surface area contributed by atoms with E-state index >= 15 is 0 Å². The SMILES string of the molecule is CCCC1CCC(O)C(CN(C)CC)C1. The van der Waals surface area contributed by atoms with Crippen LogP contribution in [0.2, 0.25) is 0 Å². The Balaban J connectivity index is 2.39. The Morgan fingerprint density at radius 3 is 2.60 bits per heavy atom. The highest BCUT2D eigenvalue weighted by Crippen LogP contribution is 2.32. The lowest BCUT2D eigenvalue weighted by molar-refractivity contribution is 0.0307. The maximum Gasteiger partial charge on any atom is 0.0580 e. The van der Waals surface area contributed by atoms with Crippen LogP contribution in [0, 0.1) is 11.8 Å². The molecule has 0 aromatic rings. The third-order valence-electron chi connectivity index (χ3n) is 3.83. The molecule has 0 aliphatic heterocycles. The van der Waals surface area contributed by atoms with Crippen LogP contribution in [-0.2, 0) is 0 Å². The lowest BCUT2D eigenvalue weighted by atomic mass is 9.77. The van der Waals surface area contributed by atoms with E-state index in [-0.39, 0.29) is 6.10 Å². The molecule has 0 radical (unpaired) electrons. The zero-order valence-electron chi connectivity index (χ0n) is 10.6. The van der Waals surface area contributed by atoms with Crippen LogP contribution in [-0.4, -0.2) is 36.2 Å². The van der Waals surface area contributed by atoms with Gasteiger partial charge in [-0.15, -0.1) is 0 Å². The quantitative estimate of drug-likeness (QED) is 0.758. The maximum atomic E-state index is 9.97. The number of aliphatic hydroxyl groups excluding tert-OH is 1. The number of hydrogen-bond donors (Lipinski definition) is 1. The Morgan fingerprint density at radius 2 is 2.00 bits per heavy atom. The van der Waals surface area contributed by atoms with Gasteiger partial charge in [-0.2, -0.15) is 0 Å². The van der Waals surface area contributed by atoms with E-state index in [1.54, 1.807) is 0 Å². The molecule has 0 amide bonds. The van der Waals surface area contributed by atoms with Crippen molar-refractivity contribution >= 4 is 0 Å². The molecular formula is C13H27NO. The molecule has 1 aliphatic carbocycles. The fourth-order valence-electron chi connectivity index (χ4n) is 2.74. The third kappa shape index (κ3) is 4.12. The number of aliphatic hydroxyl groups is 1. The van der Waals surface area contributed by atoms with E-state index in [0.717, 1.165) is 25.4 Å². The van der Waals surface area contributed by atoms with Crippen molar-refractivity contribution in [1.29, 1.82) is 0 Å². The molecule has 1 N–H and O–H groups in total. The van der Waals surface area contributed by atoms with Crippen molar-refractivity contribution in [3.8, 4) is 0 Å². The number of hydrogen-bond acceptors (Lipinski definition) is 2. The third-order valence-corrected chi connectivity index (χ3v) is 3.83. The average Bonchev–Trinajstić information content (AvgIpc) is 2.23. The molecule has 1 saturated carbocycles. The summed E-state index contributed by atoms with van der Waals surface area (Å²) in [6.45, 7) is 6.59. The molecule has 1 rings (SSSR count). The number of nitrogens with zero attached hydrogens (tertiary/aromatic N) is 1. The molecule has 1 fully saturated rings. The first-order valence-electron chi connectivity index (χ1n) is 6.53. The minimum Gasteiger partial charge on any atom is -0.393 e. The fraction of sp³-hybridized carbons (Fsp3) is 1.00. The van der Waals surface area contributed by atoms with E-state index in [4.69, 9.17) is 0 Å². The van der Waals surface area contributed by atoms with Gasteiger partial charge in [-0.05, 0) is 44.7 Å². The van der Waals surface area contributed by atoms with Crippen LogP contribution < -0.4 is 0 Å². The highest BCUT2D eigenvalue weighted by molar-refractivity contribution is 4.81. The summed E-state index contributed by atoms with van der Waals surface area (Å²) in [5, 5.41) is 9.97. The molecule has 0 saturated heterocycles.